The summed E-state index contributed by atoms with van der Waals surface area (Å²) in [6, 6.07) is 75.9. The maximum absolute atomic E-state index is 5.30. The molecule has 0 bridgehead atoms. The molecular formula is C57H35N3S. The van der Waals surface area contributed by atoms with Crippen molar-refractivity contribution in [2.45, 2.75) is 0 Å². The smallest absolute Gasteiger partial charge is 0.164 e. The lowest BCUT2D eigenvalue weighted by atomic mass is 9.94. The van der Waals surface area contributed by atoms with Gasteiger partial charge >= 0.3 is 0 Å². The van der Waals surface area contributed by atoms with E-state index in [2.05, 4.69) is 212 Å². The Hall–Kier alpha value is -7.79. The molecule has 0 saturated heterocycles. The highest BCUT2D eigenvalue weighted by Gasteiger charge is 2.17. The van der Waals surface area contributed by atoms with Crippen molar-refractivity contribution in [2.24, 2.45) is 0 Å². The molecular weight excluding hydrogens is 759 g/mol. The number of hydrogen-bond acceptors (Lipinski definition) is 4. The van der Waals surface area contributed by atoms with Crippen LogP contribution in [0.4, 0.5) is 0 Å². The monoisotopic (exact) mass is 793 g/mol. The molecule has 0 aliphatic rings. The summed E-state index contributed by atoms with van der Waals surface area (Å²) < 4.78 is 2.58. The van der Waals surface area contributed by atoms with Gasteiger partial charge in [-0.2, -0.15) is 0 Å². The van der Waals surface area contributed by atoms with Gasteiger partial charge in [0.05, 0.1) is 0 Å². The van der Waals surface area contributed by atoms with E-state index in [1.807, 2.05) is 11.3 Å². The van der Waals surface area contributed by atoms with Gasteiger partial charge in [0.25, 0.3) is 0 Å². The maximum Gasteiger partial charge on any atom is 0.164 e. The molecule has 10 aromatic carbocycles. The Morgan fingerprint density at radius 2 is 0.770 bits per heavy atom. The number of fused-ring (bicyclic) bond motifs is 7. The van der Waals surface area contributed by atoms with E-state index in [1.165, 1.54) is 52.8 Å². The summed E-state index contributed by atoms with van der Waals surface area (Å²) in [6.07, 6.45) is 0. The van der Waals surface area contributed by atoms with E-state index in [4.69, 9.17) is 15.0 Å². The molecule has 0 radical (unpaired) electrons. The number of aromatic nitrogens is 3. The van der Waals surface area contributed by atoms with Crippen LogP contribution in [0.2, 0.25) is 0 Å². The van der Waals surface area contributed by atoms with E-state index in [0.29, 0.717) is 17.5 Å². The third kappa shape index (κ3) is 6.24. The number of hydrogen-bond donors (Lipinski definition) is 0. The average Bonchev–Trinajstić information content (AvgIpc) is 3.71. The van der Waals surface area contributed by atoms with Crippen LogP contribution < -0.4 is 0 Å². The van der Waals surface area contributed by atoms with Crippen LogP contribution in [-0.2, 0) is 0 Å². The van der Waals surface area contributed by atoms with Crippen LogP contribution in [0.1, 0.15) is 0 Å². The summed E-state index contributed by atoms with van der Waals surface area (Å²) >= 11 is 1.84. The standard InChI is InChI=1S/C57H35N3S/c1-2-12-36(13-3-1)40-27-26-38-15-10-24-51(52(38)34-40)57-59-55(43-18-8-16-39(32-43)41-29-31-50-49-21-6-7-25-53(49)61-54(50)35-41)58-56(60-57)44-19-9-17-42(33-44)46-22-11-23-47-45-20-5-4-14-37(45)28-30-48(46)47/h1-35H. The molecule has 0 saturated carbocycles. The van der Waals surface area contributed by atoms with Gasteiger partial charge < -0.3 is 0 Å². The third-order valence-electron chi connectivity index (χ3n) is 11.9. The van der Waals surface area contributed by atoms with Gasteiger partial charge in [-0.25, -0.2) is 15.0 Å². The lowest BCUT2D eigenvalue weighted by Gasteiger charge is -2.13. The van der Waals surface area contributed by atoms with E-state index in [0.717, 1.165) is 49.7 Å². The van der Waals surface area contributed by atoms with Crippen LogP contribution >= 0.6 is 11.3 Å². The number of thiophene rings is 1. The fraction of sp³-hybridized carbons (Fsp3) is 0. The molecule has 61 heavy (non-hydrogen) atoms. The molecule has 0 N–H and O–H groups in total. The van der Waals surface area contributed by atoms with Crippen LogP contribution in [0.5, 0.6) is 0 Å². The van der Waals surface area contributed by atoms with Crippen molar-refractivity contribution in [3.8, 4) is 67.5 Å². The molecule has 0 unspecified atom stereocenters. The molecule has 284 valence electrons. The predicted octanol–water partition coefficient (Wildman–Crippen LogP) is 15.7. The molecule has 12 aromatic rings. The number of benzene rings is 10. The number of rotatable bonds is 6. The Kier molecular flexibility index (Phi) is 8.36. The zero-order chi connectivity index (χ0) is 40.3. The molecule has 0 spiro atoms. The molecule has 2 heterocycles. The van der Waals surface area contributed by atoms with Crippen molar-refractivity contribution in [1.29, 1.82) is 0 Å². The zero-order valence-electron chi connectivity index (χ0n) is 33.0. The Morgan fingerprint density at radius 1 is 0.246 bits per heavy atom. The first-order valence-corrected chi connectivity index (χ1v) is 21.4. The fourth-order valence-electron chi connectivity index (χ4n) is 8.89. The average molecular weight is 794 g/mol. The van der Waals surface area contributed by atoms with E-state index < -0.39 is 0 Å². The lowest BCUT2D eigenvalue weighted by Crippen LogP contribution is -2.01. The fourth-order valence-corrected chi connectivity index (χ4v) is 10.0. The highest BCUT2D eigenvalue weighted by molar-refractivity contribution is 7.25. The summed E-state index contributed by atoms with van der Waals surface area (Å²) in [6.45, 7) is 0. The summed E-state index contributed by atoms with van der Waals surface area (Å²) in [5.74, 6) is 1.89. The highest BCUT2D eigenvalue weighted by atomic mass is 32.1. The molecule has 3 nitrogen and oxygen atoms in total. The minimum absolute atomic E-state index is 0.626. The second-order valence-corrected chi connectivity index (χ2v) is 16.7. The Balaban J connectivity index is 1.03. The van der Waals surface area contributed by atoms with E-state index in [9.17, 15) is 0 Å². The quantitative estimate of drug-likeness (QED) is 0.157. The third-order valence-corrected chi connectivity index (χ3v) is 13.1. The Labute approximate surface area is 356 Å². The van der Waals surface area contributed by atoms with Crippen LogP contribution in [-0.4, -0.2) is 15.0 Å². The van der Waals surface area contributed by atoms with Gasteiger partial charge in [0.2, 0.25) is 0 Å². The normalized spacial score (nSPS) is 11.6. The molecule has 0 amide bonds. The van der Waals surface area contributed by atoms with Crippen molar-refractivity contribution in [1.82, 2.24) is 15.0 Å². The second kappa shape index (κ2) is 14.5. The first-order chi connectivity index (χ1) is 30.2. The van der Waals surface area contributed by atoms with Crippen molar-refractivity contribution in [3.05, 3.63) is 212 Å². The lowest BCUT2D eigenvalue weighted by molar-refractivity contribution is 1.08. The molecule has 12 rings (SSSR count). The highest BCUT2D eigenvalue weighted by Crippen LogP contribution is 2.39. The van der Waals surface area contributed by atoms with Crippen LogP contribution in [0.25, 0.3) is 120 Å². The van der Waals surface area contributed by atoms with Gasteiger partial charge in [0.15, 0.2) is 17.5 Å². The van der Waals surface area contributed by atoms with Crippen LogP contribution in [0, 0.1) is 0 Å². The Morgan fingerprint density at radius 3 is 1.64 bits per heavy atom. The predicted molar refractivity (Wildman–Crippen MR) is 258 cm³/mol. The van der Waals surface area contributed by atoms with Crippen LogP contribution in [0.3, 0.4) is 0 Å². The maximum atomic E-state index is 5.30. The van der Waals surface area contributed by atoms with Crippen molar-refractivity contribution < 1.29 is 0 Å². The summed E-state index contributed by atoms with van der Waals surface area (Å²) in [5.41, 5.74) is 9.69. The first-order valence-electron chi connectivity index (χ1n) is 20.6. The van der Waals surface area contributed by atoms with Gasteiger partial charge in [-0.05, 0) is 96.0 Å². The van der Waals surface area contributed by atoms with Crippen molar-refractivity contribution in [2.75, 3.05) is 0 Å². The second-order valence-electron chi connectivity index (χ2n) is 15.6. The van der Waals surface area contributed by atoms with Gasteiger partial charge in [0, 0.05) is 36.9 Å². The van der Waals surface area contributed by atoms with E-state index >= 15 is 0 Å². The Bertz CT molecular complexity index is 3660. The summed E-state index contributed by atoms with van der Waals surface area (Å²) in [5, 5.41) is 9.75. The molecule has 0 aliphatic heterocycles. The summed E-state index contributed by atoms with van der Waals surface area (Å²) in [7, 11) is 0. The molecule has 4 heteroatoms. The van der Waals surface area contributed by atoms with E-state index in [-0.39, 0.29) is 0 Å². The molecule has 0 fully saturated rings. The van der Waals surface area contributed by atoms with Crippen LogP contribution in [0.15, 0.2) is 212 Å². The van der Waals surface area contributed by atoms with E-state index in [1.54, 1.807) is 0 Å². The zero-order valence-corrected chi connectivity index (χ0v) is 33.8. The minimum Gasteiger partial charge on any atom is -0.208 e. The first kappa shape index (κ1) is 35.2. The summed E-state index contributed by atoms with van der Waals surface area (Å²) in [4.78, 5) is 15.9. The van der Waals surface area contributed by atoms with Gasteiger partial charge in [-0.1, -0.05) is 182 Å². The van der Waals surface area contributed by atoms with Crippen molar-refractivity contribution in [3.63, 3.8) is 0 Å². The largest absolute Gasteiger partial charge is 0.208 e. The van der Waals surface area contributed by atoms with Gasteiger partial charge in [-0.15, -0.1) is 11.3 Å². The molecule has 0 aliphatic carbocycles. The van der Waals surface area contributed by atoms with Gasteiger partial charge in [0.1, 0.15) is 0 Å². The molecule has 2 aromatic heterocycles. The van der Waals surface area contributed by atoms with Crippen molar-refractivity contribution >= 4 is 63.8 Å². The topological polar surface area (TPSA) is 38.7 Å². The SMILES string of the molecule is c1ccc(-c2ccc3cccc(-c4nc(-c5cccc(-c6ccc7c(c6)sc6ccccc67)c5)nc(-c5cccc(-c6cccc7c6ccc6ccccc67)c5)n4)c3c2)cc1. The minimum atomic E-state index is 0.626. The molecule has 0 atom stereocenters. The van der Waals surface area contributed by atoms with Gasteiger partial charge in [-0.3, -0.25) is 0 Å². The number of nitrogens with zero attached hydrogens (tertiary/aromatic N) is 3.